The number of carbonyl (C=O) groups is 1. The van der Waals surface area contributed by atoms with E-state index < -0.39 is 61.5 Å². The van der Waals surface area contributed by atoms with Gasteiger partial charge in [-0.25, -0.2) is 27.7 Å². The van der Waals surface area contributed by atoms with Gasteiger partial charge in [0.15, 0.2) is 0 Å². The van der Waals surface area contributed by atoms with Crippen LogP contribution >= 0.6 is 30.4 Å². The number of amides is 1. The summed E-state index contributed by atoms with van der Waals surface area (Å²) < 4.78 is 75.6. The van der Waals surface area contributed by atoms with Crippen molar-refractivity contribution in [3.8, 4) is 11.3 Å². The minimum Gasteiger partial charge on any atom is -0.390 e. The number of halogens is 4. The number of alkyl halides is 1. The normalized spacial score (nSPS) is 19.6. The molecule has 1 aliphatic carbocycles. The lowest BCUT2D eigenvalue weighted by Crippen LogP contribution is -2.33. The van der Waals surface area contributed by atoms with E-state index in [4.69, 9.17) is 19.3 Å². The molecule has 0 bridgehead atoms. The van der Waals surface area contributed by atoms with Gasteiger partial charge in [-0.2, -0.15) is 0 Å². The van der Waals surface area contributed by atoms with E-state index in [1.807, 2.05) is 22.6 Å². The van der Waals surface area contributed by atoms with E-state index in [1.165, 1.54) is 30.5 Å². The van der Waals surface area contributed by atoms with E-state index in [0.717, 1.165) is 6.07 Å². The number of nitrogens with one attached hydrogen (secondary N) is 1. The molecule has 0 aliphatic heterocycles. The van der Waals surface area contributed by atoms with Crippen LogP contribution in [0.5, 0.6) is 0 Å². The molecule has 1 aliphatic rings. The maximum atomic E-state index is 15.6. The van der Waals surface area contributed by atoms with Crippen LogP contribution in [0.1, 0.15) is 94.4 Å². The van der Waals surface area contributed by atoms with Crippen molar-refractivity contribution in [3.63, 3.8) is 0 Å². The Morgan fingerprint density at radius 3 is 2.35 bits per heavy atom. The molecule has 1 fully saturated rings. The van der Waals surface area contributed by atoms with Gasteiger partial charge in [0.25, 0.3) is 5.91 Å². The standard InChI is InChI=1S/C33H41F3IN4O6P/c1-32(2,3)46-48(44,47-33(4,5)6)45-17-27(20-11-21(34)15-22(37)12-20)41-31(43)23-9-7-19(14-24(23)35)29-30(38)39-16-26(40-29)18-8-10-28(42)25(36)13-18/h7,9,11-12,14-16,18,25,27-28,42H,8,10,13,17H2,1-6H3,(H2,38,39)(H,41,43)/t18-,25-,27?,28-/m0/s1. The third kappa shape index (κ3) is 10.4. The summed E-state index contributed by atoms with van der Waals surface area (Å²) in [6.45, 7) is 9.57. The number of nitrogen functional groups attached to an aromatic ring is 1. The van der Waals surface area contributed by atoms with Crippen LogP contribution in [-0.2, 0) is 18.1 Å². The maximum Gasteiger partial charge on any atom is 0.475 e. The van der Waals surface area contributed by atoms with Crippen molar-refractivity contribution in [2.45, 2.75) is 96.2 Å². The first-order valence-corrected chi connectivity index (χ1v) is 17.9. The van der Waals surface area contributed by atoms with E-state index >= 15 is 4.39 Å². The molecule has 262 valence electrons. The maximum absolute atomic E-state index is 15.6. The van der Waals surface area contributed by atoms with Crippen LogP contribution in [-0.4, -0.2) is 51.1 Å². The number of benzene rings is 2. The minimum atomic E-state index is -4.23. The number of nitrogens with two attached hydrogens (primary N) is 1. The van der Waals surface area contributed by atoms with Crippen LogP contribution in [0, 0.1) is 15.2 Å². The summed E-state index contributed by atoms with van der Waals surface area (Å²) >= 11 is 1.92. The second kappa shape index (κ2) is 15.1. The molecule has 0 radical (unpaired) electrons. The van der Waals surface area contributed by atoms with Gasteiger partial charge in [0.1, 0.15) is 29.3 Å². The zero-order valence-electron chi connectivity index (χ0n) is 27.6. The van der Waals surface area contributed by atoms with Gasteiger partial charge < -0.3 is 16.2 Å². The van der Waals surface area contributed by atoms with Gasteiger partial charge in [0.05, 0.1) is 47.4 Å². The van der Waals surface area contributed by atoms with Gasteiger partial charge in [0.2, 0.25) is 0 Å². The van der Waals surface area contributed by atoms with Gasteiger partial charge >= 0.3 is 7.82 Å². The number of aliphatic hydroxyl groups excluding tert-OH is 1. The van der Waals surface area contributed by atoms with Crippen LogP contribution in [0.15, 0.2) is 42.6 Å². The zero-order valence-corrected chi connectivity index (χ0v) is 30.7. The minimum absolute atomic E-state index is 0.0142. The first-order valence-electron chi connectivity index (χ1n) is 15.4. The van der Waals surface area contributed by atoms with Gasteiger partial charge in [-0.05, 0) is 119 Å². The largest absolute Gasteiger partial charge is 0.475 e. The third-order valence-electron chi connectivity index (χ3n) is 7.23. The van der Waals surface area contributed by atoms with Gasteiger partial charge in [0, 0.05) is 15.1 Å². The smallest absolute Gasteiger partial charge is 0.390 e. The Kier molecular flexibility index (Phi) is 12.0. The third-order valence-corrected chi connectivity index (χ3v) is 9.86. The molecule has 15 heteroatoms. The Bertz CT molecular complexity index is 1650. The fourth-order valence-corrected chi connectivity index (χ4v) is 7.65. The molecule has 4 rings (SSSR count). The number of carbonyl (C=O) groups excluding carboxylic acids is 1. The first-order chi connectivity index (χ1) is 22.2. The number of aliphatic hydroxyl groups is 1. The lowest BCUT2D eigenvalue weighted by atomic mass is 9.84. The topological polar surface area (TPSA) is 146 Å². The molecule has 48 heavy (non-hydrogen) atoms. The van der Waals surface area contributed by atoms with E-state index in [2.05, 4.69) is 15.3 Å². The lowest BCUT2D eigenvalue weighted by molar-refractivity contribution is 0.000610. The number of phosphoric ester groups is 1. The van der Waals surface area contributed by atoms with Crippen LogP contribution in [0.25, 0.3) is 11.3 Å². The van der Waals surface area contributed by atoms with E-state index in [9.17, 15) is 23.2 Å². The number of hydrogen-bond acceptors (Lipinski definition) is 9. The Balaban J connectivity index is 1.60. The highest BCUT2D eigenvalue weighted by molar-refractivity contribution is 14.1. The lowest BCUT2D eigenvalue weighted by Gasteiger charge is -2.32. The van der Waals surface area contributed by atoms with Crippen molar-refractivity contribution >= 4 is 42.1 Å². The summed E-state index contributed by atoms with van der Waals surface area (Å²) in [5.41, 5.74) is 5.00. The molecule has 4 N–H and O–H groups in total. The number of hydrogen-bond donors (Lipinski definition) is 3. The fraction of sp³-hybridized carbons (Fsp3) is 0.485. The zero-order chi connectivity index (χ0) is 35.6. The number of anilines is 1. The average molecular weight is 805 g/mol. The van der Waals surface area contributed by atoms with E-state index in [-0.39, 0.29) is 47.0 Å². The molecule has 3 aromatic rings. The summed E-state index contributed by atoms with van der Waals surface area (Å²) in [4.78, 5) is 22.2. The van der Waals surface area contributed by atoms with E-state index in [1.54, 1.807) is 47.6 Å². The number of aromatic nitrogens is 2. The number of phosphoric acid groups is 1. The van der Waals surface area contributed by atoms with Gasteiger partial charge in [-0.15, -0.1) is 0 Å². The number of nitrogens with zero attached hydrogens (tertiary/aromatic N) is 2. The first kappa shape index (κ1) is 38.2. The molecule has 1 saturated carbocycles. The molecule has 0 saturated heterocycles. The molecule has 10 nitrogen and oxygen atoms in total. The second-order valence-electron chi connectivity index (χ2n) is 13.7. The van der Waals surface area contributed by atoms with E-state index in [0.29, 0.717) is 15.7 Å². The monoisotopic (exact) mass is 804 g/mol. The average Bonchev–Trinajstić information content (AvgIpc) is 2.94. The van der Waals surface area contributed by atoms with Crippen molar-refractivity contribution < 1.29 is 41.2 Å². The van der Waals surface area contributed by atoms with Crippen LogP contribution < -0.4 is 11.1 Å². The molecule has 2 aromatic carbocycles. The summed E-state index contributed by atoms with van der Waals surface area (Å²) in [6, 6.07) is 6.74. The Labute approximate surface area is 292 Å². The molecule has 1 heterocycles. The second-order valence-corrected chi connectivity index (χ2v) is 16.5. The molecular formula is C33H41F3IN4O6P. The molecule has 0 spiro atoms. The molecule has 1 unspecified atom stereocenters. The van der Waals surface area contributed by atoms with Crippen molar-refractivity contribution in [2.75, 3.05) is 12.3 Å². The SMILES string of the molecule is CC(C)(C)OP(=O)(OCC(NC(=O)c1ccc(-c2nc([C@H]3CC[C@H](O)[C@@H](F)C3)cnc2N)cc1F)c1cc(F)cc(I)c1)OC(C)(C)C. The van der Waals surface area contributed by atoms with Crippen molar-refractivity contribution in [3.05, 3.63) is 74.6 Å². The van der Waals surface area contributed by atoms with Crippen molar-refractivity contribution in [1.82, 2.24) is 15.3 Å². The highest BCUT2D eigenvalue weighted by Crippen LogP contribution is 2.55. The van der Waals surface area contributed by atoms with Crippen LogP contribution in [0.3, 0.4) is 0 Å². The quantitative estimate of drug-likeness (QED) is 0.138. The molecule has 1 amide bonds. The molecular weight excluding hydrogens is 763 g/mol. The Morgan fingerprint density at radius 1 is 1.10 bits per heavy atom. The molecule has 1 aromatic heterocycles. The number of rotatable bonds is 10. The van der Waals surface area contributed by atoms with Crippen molar-refractivity contribution in [1.29, 1.82) is 0 Å². The summed E-state index contributed by atoms with van der Waals surface area (Å²) in [5.74, 6) is -2.64. The summed E-state index contributed by atoms with van der Waals surface area (Å²) in [5, 5.41) is 12.4. The van der Waals surface area contributed by atoms with Crippen LogP contribution in [0.2, 0.25) is 0 Å². The Hall–Kier alpha value is -2.62. The van der Waals surface area contributed by atoms with Crippen LogP contribution in [0.4, 0.5) is 19.0 Å². The fourth-order valence-electron chi connectivity index (χ4n) is 5.18. The van der Waals surface area contributed by atoms with Gasteiger partial charge in [-0.3, -0.25) is 18.4 Å². The summed E-state index contributed by atoms with van der Waals surface area (Å²) in [6.07, 6.45) is -0.123. The van der Waals surface area contributed by atoms with Crippen molar-refractivity contribution in [2.24, 2.45) is 0 Å². The predicted octanol–water partition coefficient (Wildman–Crippen LogP) is 7.80. The Morgan fingerprint density at radius 2 is 1.77 bits per heavy atom. The summed E-state index contributed by atoms with van der Waals surface area (Å²) in [7, 11) is -4.23. The predicted molar refractivity (Wildman–Crippen MR) is 184 cm³/mol. The highest BCUT2D eigenvalue weighted by atomic mass is 127. The van der Waals surface area contributed by atoms with Gasteiger partial charge in [-0.1, -0.05) is 6.07 Å². The molecule has 4 atom stereocenters. The highest BCUT2D eigenvalue weighted by Gasteiger charge is 2.38.